The van der Waals surface area contributed by atoms with Gasteiger partial charge in [-0.1, -0.05) is 19.9 Å². The minimum absolute atomic E-state index is 0.179. The lowest BCUT2D eigenvalue weighted by atomic mass is 10.1. The van der Waals surface area contributed by atoms with Crippen molar-refractivity contribution in [3.05, 3.63) is 53.1 Å². The van der Waals surface area contributed by atoms with Gasteiger partial charge in [-0.05, 0) is 30.2 Å². The fourth-order valence-corrected chi connectivity index (χ4v) is 1.91. The van der Waals surface area contributed by atoms with Crippen LogP contribution < -0.4 is 5.32 Å². The van der Waals surface area contributed by atoms with Crippen LogP contribution >= 0.6 is 0 Å². The Morgan fingerprint density at radius 1 is 1.37 bits per heavy atom. The molecule has 0 saturated heterocycles. The highest BCUT2D eigenvalue weighted by Crippen LogP contribution is 2.12. The maximum absolute atomic E-state index is 13.8. The summed E-state index contributed by atoms with van der Waals surface area (Å²) in [6.45, 7) is 7.38. The SMILES string of the molecule is Cc1cnn(Cc2cc(CNC(C)C)ccc2F)c1. The fourth-order valence-electron chi connectivity index (χ4n) is 1.91. The van der Waals surface area contributed by atoms with Crippen molar-refractivity contribution >= 4 is 0 Å². The number of aromatic nitrogens is 2. The van der Waals surface area contributed by atoms with E-state index in [1.54, 1.807) is 10.9 Å². The molecule has 0 unspecified atom stereocenters. The van der Waals surface area contributed by atoms with Crippen LogP contribution in [-0.2, 0) is 13.1 Å². The third-order valence-corrected chi connectivity index (χ3v) is 2.92. The largest absolute Gasteiger partial charge is 0.310 e. The van der Waals surface area contributed by atoms with E-state index in [9.17, 15) is 4.39 Å². The predicted octanol–water partition coefficient (Wildman–Crippen LogP) is 2.88. The number of nitrogens with zero attached hydrogens (tertiary/aromatic N) is 2. The molecule has 0 radical (unpaired) electrons. The van der Waals surface area contributed by atoms with Crippen molar-refractivity contribution in [1.29, 1.82) is 0 Å². The van der Waals surface area contributed by atoms with Gasteiger partial charge in [0.1, 0.15) is 5.82 Å². The van der Waals surface area contributed by atoms with Gasteiger partial charge in [-0.15, -0.1) is 0 Å². The van der Waals surface area contributed by atoms with Crippen molar-refractivity contribution in [1.82, 2.24) is 15.1 Å². The van der Waals surface area contributed by atoms with Crippen LogP contribution in [0, 0.1) is 12.7 Å². The quantitative estimate of drug-likeness (QED) is 0.897. The monoisotopic (exact) mass is 261 g/mol. The summed E-state index contributed by atoms with van der Waals surface area (Å²) in [6.07, 6.45) is 3.69. The fraction of sp³-hybridized carbons (Fsp3) is 0.400. The van der Waals surface area contributed by atoms with E-state index in [-0.39, 0.29) is 5.82 Å². The zero-order chi connectivity index (χ0) is 13.8. The first-order valence-corrected chi connectivity index (χ1v) is 6.54. The average molecular weight is 261 g/mol. The van der Waals surface area contributed by atoms with Gasteiger partial charge in [-0.2, -0.15) is 5.10 Å². The Balaban J connectivity index is 2.12. The van der Waals surface area contributed by atoms with Gasteiger partial charge in [-0.3, -0.25) is 4.68 Å². The Morgan fingerprint density at radius 3 is 2.79 bits per heavy atom. The average Bonchev–Trinajstić information content (AvgIpc) is 2.76. The van der Waals surface area contributed by atoms with Crippen molar-refractivity contribution in [3.63, 3.8) is 0 Å². The van der Waals surface area contributed by atoms with Crippen LogP contribution in [0.2, 0.25) is 0 Å². The Morgan fingerprint density at radius 2 is 2.16 bits per heavy atom. The summed E-state index contributed by atoms with van der Waals surface area (Å²) < 4.78 is 15.6. The lowest BCUT2D eigenvalue weighted by Crippen LogP contribution is -2.22. The summed E-state index contributed by atoms with van der Waals surface area (Å²) in [4.78, 5) is 0. The number of nitrogens with one attached hydrogen (secondary N) is 1. The summed E-state index contributed by atoms with van der Waals surface area (Å²) in [7, 11) is 0. The molecule has 0 bridgehead atoms. The smallest absolute Gasteiger partial charge is 0.128 e. The summed E-state index contributed by atoms with van der Waals surface area (Å²) in [5.74, 6) is -0.179. The van der Waals surface area contributed by atoms with Crippen LogP contribution in [0.3, 0.4) is 0 Å². The molecule has 102 valence electrons. The molecule has 1 aromatic carbocycles. The number of benzene rings is 1. The summed E-state index contributed by atoms with van der Waals surface area (Å²) in [5.41, 5.74) is 2.85. The van der Waals surface area contributed by atoms with Crippen molar-refractivity contribution in [2.24, 2.45) is 0 Å². The Bertz CT molecular complexity index is 546. The lowest BCUT2D eigenvalue weighted by Gasteiger charge is -2.10. The first kappa shape index (κ1) is 13.7. The Labute approximate surface area is 113 Å². The van der Waals surface area contributed by atoms with Crippen LogP contribution in [0.15, 0.2) is 30.6 Å². The highest BCUT2D eigenvalue weighted by Gasteiger charge is 2.06. The van der Waals surface area contributed by atoms with Gasteiger partial charge in [0.2, 0.25) is 0 Å². The number of hydrogen-bond acceptors (Lipinski definition) is 2. The highest BCUT2D eigenvalue weighted by atomic mass is 19.1. The minimum Gasteiger partial charge on any atom is -0.310 e. The molecule has 19 heavy (non-hydrogen) atoms. The molecule has 0 atom stereocenters. The normalized spacial score (nSPS) is 11.2. The summed E-state index contributed by atoms with van der Waals surface area (Å²) >= 11 is 0. The van der Waals surface area contributed by atoms with E-state index in [2.05, 4.69) is 24.3 Å². The minimum atomic E-state index is -0.179. The zero-order valence-corrected chi connectivity index (χ0v) is 11.7. The van der Waals surface area contributed by atoms with E-state index in [0.717, 1.165) is 17.7 Å². The molecule has 3 nitrogen and oxygen atoms in total. The van der Waals surface area contributed by atoms with E-state index < -0.39 is 0 Å². The molecule has 4 heteroatoms. The van der Waals surface area contributed by atoms with Crippen molar-refractivity contribution in [3.8, 4) is 0 Å². The van der Waals surface area contributed by atoms with Crippen LogP contribution in [0.4, 0.5) is 4.39 Å². The molecule has 0 spiro atoms. The van der Waals surface area contributed by atoms with E-state index in [1.807, 2.05) is 25.3 Å². The van der Waals surface area contributed by atoms with E-state index >= 15 is 0 Å². The maximum Gasteiger partial charge on any atom is 0.128 e. The molecule has 2 aromatic rings. The van der Waals surface area contributed by atoms with E-state index in [1.165, 1.54) is 6.07 Å². The Kier molecular flexibility index (Phi) is 4.32. The van der Waals surface area contributed by atoms with Gasteiger partial charge < -0.3 is 5.32 Å². The van der Waals surface area contributed by atoms with Gasteiger partial charge in [0.05, 0.1) is 12.7 Å². The zero-order valence-electron chi connectivity index (χ0n) is 11.7. The molecule has 0 fully saturated rings. The second kappa shape index (κ2) is 5.97. The van der Waals surface area contributed by atoms with Gasteiger partial charge in [0, 0.05) is 24.3 Å². The first-order valence-electron chi connectivity index (χ1n) is 6.54. The number of aryl methyl sites for hydroxylation is 1. The second-order valence-electron chi connectivity index (χ2n) is 5.18. The van der Waals surface area contributed by atoms with Crippen molar-refractivity contribution in [2.75, 3.05) is 0 Å². The van der Waals surface area contributed by atoms with Gasteiger partial charge in [0.25, 0.3) is 0 Å². The number of hydrogen-bond donors (Lipinski definition) is 1. The molecular weight excluding hydrogens is 241 g/mol. The third-order valence-electron chi connectivity index (χ3n) is 2.92. The van der Waals surface area contributed by atoms with Crippen LogP contribution in [0.25, 0.3) is 0 Å². The third kappa shape index (κ3) is 3.89. The standard InChI is InChI=1S/C15H20FN3/c1-11(2)17-8-13-4-5-15(16)14(6-13)10-19-9-12(3)7-18-19/h4-7,9,11,17H,8,10H2,1-3H3. The molecule has 1 aromatic heterocycles. The first-order chi connectivity index (χ1) is 9.04. The summed E-state index contributed by atoms with van der Waals surface area (Å²) in [5, 5.41) is 7.52. The van der Waals surface area contributed by atoms with Gasteiger partial charge in [0.15, 0.2) is 0 Å². The van der Waals surface area contributed by atoms with Gasteiger partial charge in [-0.25, -0.2) is 4.39 Å². The molecule has 0 aliphatic carbocycles. The molecule has 0 saturated carbocycles. The molecule has 1 heterocycles. The second-order valence-corrected chi connectivity index (χ2v) is 5.18. The van der Waals surface area contributed by atoms with E-state index in [0.29, 0.717) is 18.2 Å². The van der Waals surface area contributed by atoms with E-state index in [4.69, 9.17) is 0 Å². The molecule has 2 rings (SSSR count). The Hall–Kier alpha value is -1.68. The maximum atomic E-state index is 13.8. The number of halogens is 1. The number of rotatable bonds is 5. The lowest BCUT2D eigenvalue weighted by molar-refractivity contribution is 0.573. The van der Waals surface area contributed by atoms with Crippen molar-refractivity contribution < 1.29 is 4.39 Å². The van der Waals surface area contributed by atoms with Gasteiger partial charge >= 0.3 is 0 Å². The van der Waals surface area contributed by atoms with Crippen LogP contribution in [0.1, 0.15) is 30.5 Å². The topological polar surface area (TPSA) is 29.9 Å². The molecule has 0 amide bonds. The molecular formula is C15H20FN3. The van der Waals surface area contributed by atoms with Crippen LogP contribution in [0.5, 0.6) is 0 Å². The molecule has 0 aliphatic rings. The van der Waals surface area contributed by atoms with Crippen LogP contribution in [-0.4, -0.2) is 15.8 Å². The van der Waals surface area contributed by atoms with Crippen molar-refractivity contribution in [2.45, 2.75) is 39.9 Å². The molecule has 0 aliphatic heterocycles. The molecule has 1 N–H and O–H groups in total. The predicted molar refractivity (Wildman–Crippen MR) is 74.4 cm³/mol. The highest BCUT2D eigenvalue weighted by molar-refractivity contribution is 5.25. The summed E-state index contributed by atoms with van der Waals surface area (Å²) in [6, 6.07) is 5.68.